The molecule has 0 aliphatic carbocycles. The molecule has 1 N–H and O–H groups in total. The summed E-state index contributed by atoms with van der Waals surface area (Å²) in [6, 6.07) is 3.48. The van der Waals surface area contributed by atoms with Crippen molar-refractivity contribution in [3.8, 4) is 0 Å². The van der Waals surface area contributed by atoms with E-state index in [0.29, 0.717) is 11.2 Å². The number of hydrogen-bond acceptors (Lipinski definition) is 4. The molecule has 0 aliphatic rings. The van der Waals surface area contributed by atoms with Crippen LogP contribution in [-0.4, -0.2) is 34.3 Å². The first-order valence-corrected chi connectivity index (χ1v) is 5.37. The molecule has 17 heavy (non-hydrogen) atoms. The number of amides is 1. The molecule has 0 unspecified atom stereocenters. The molecule has 0 atom stereocenters. The Bertz CT molecular complexity index is 535. The van der Waals surface area contributed by atoms with E-state index in [9.17, 15) is 4.79 Å². The fraction of sp³-hybridized carbons (Fsp3) is 0.364. The van der Waals surface area contributed by atoms with E-state index in [0.717, 1.165) is 12.2 Å². The predicted molar refractivity (Wildman–Crippen MR) is 61.7 cm³/mol. The Morgan fingerprint density at radius 2 is 2.41 bits per heavy atom. The third-order valence-electron chi connectivity index (χ3n) is 2.34. The maximum Gasteiger partial charge on any atom is 0.256 e. The van der Waals surface area contributed by atoms with E-state index in [-0.39, 0.29) is 12.6 Å². The lowest BCUT2D eigenvalue weighted by molar-refractivity contribution is 0.0873. The van der Waals surface area contributed by atoms with E-state index >= 15 is 0 Å². The van der Waals surface area contributed by atoms with Gasteiger partial charge in [0.05, 0.1) is 5.56 Å². The van der Waals surface area contributed by atoms with Gasteiger partial charge in [-0.05, 0) is 12.1 Å². The van der Waals surface area contributed by atoms with Crippen LogP contribution in [0.1, 0.15) is 23.1 Å². The van der Waals surface area contributed by atoms with Gasteiger partial charge in [-0.15, -0.1) is 0 Å². The number of aromatic nitrogens is 3. The summed E-state index contributed by atoms with van der Waals surface area (Å²) in [6.45, 7) is 2.15. The lowest BCUT2D eigenvalue weighted by Crippen LogP contribution is -2.25. The molecule has 6 nitrogen and oxygen atoms in total. The lowest BCUT2D eigenvalue weighted by Gasteiger charge is -2.03. The van der Waals surface area contributed by atoms with Crippen molar-refractivity contribution < 1.29 is 9.53 Å². The molecule has 0 radical (unpaired) electrons. The largest absolute Gasteiger partial charge is 0.364 e. The zero-order valence-corrected chi connectivity index (χ0v) is 9.80. The zero-order valence-electron chi connectivity index (χ0n) is 9.80. The smallest absolute Gasteiger partial charge is 0.256 e. The summed E-state index contributed by atoms with van der Waals surface area (Å²) >= 11 is 0. The van der Waals surface area contributed by atoms with E-state index < -0.39 is 0 Å². The van der Waals surface area contributed by atoms with Gasteiger partial charge in [0.25, 0.3) is 5.91 Å². The van der Waals surface area contributed by atoms with E-state index in [1.807, 2.05) is 6.92 Å². The summed E-state index contributed by atoms with van der Waals surface area (Å²) in [5.41, 5.74) is 1.06. The number of carbonyl (C=O) groups excluding carboxylic acids is 1. The molecule has 6 heteroatoms. The number of aryl methyl sites for hydroxylation is 1. The van der Waals surface area contributed by atoms with Crippen LogP contribution in [0, 0.1) is 0 Å². The predicted octanol–water partition coefficient (Wildman–Crippen LogP) is 0.625. The molecule has 0 saturated carbocycles. The molecule has 0 saturated heterocycles. The molecule has 0 aromatic carbocycles. The van der Waals surface area contributed by atoms with Crippen LogP contribution in [0.3, 0.4) is 0 Å². The molecule has 0 bridgehead atoms. The number of fused-ring (bicyclic) bond motifs is 1. The van der Waals surface area contributed by atoms with Gasteiger partial charge in [0.2, 0.25) is 0 Å². The first-order chi connectivity index (χ1) is 8.26. The summed E-state index contributed by atoms with van der Waals surface area (Å²) in [6.07, 6.45) is 2.51. The third-order valence-corrected chi connectivity index (χ3v) is 2.34. The molecule has 2 rings (SSSR count). The van der Waals surface area contributed by atoms with Crippen LogP contribution in [0.15, 0.2) is 18.3 Å². The van der Waals surface area contributed by atoms with Gasteiger partial charge in [0.15, 0.2) is 11.5 Å². The standard InChI is InChI=1S/C11H14N4O2/c1-3-9-13-10-8(11(16)12-7-17-2)5-4-6-15(10)14-9/h4-6H,3,7H2,1-2H3,(H,12,16). The summed E-state index contributed by atoms with van der Waals surface area (Å²) in [5.74, 6) is 0.504. The fourth-order valence-electron chi connectivity index (χ4n) is 1.51. The number of pyridine rings is 1. The Labute approximate surface area is 98.6 Å². The van der Waals surface area contributed by atoms with Crippen LogP contribution in [-0.2, 0) is 11.2 Å². The first kappa shape index (κ1) is 11.5. The molecule has 90 valence electrons. The minimum absolute atomic E-state index is 0.175. The molecular formula is C11H14N4O2. The molecule has 2 aromatic rings. The fourth-order valence-corrected chi connectivity index (χ4v) is 1.51. The number of methoxy groups -OCH3 is 1. The minimum Gasteiger partial charge on any atom is -0.364 e. The van der Waals surface area contributed by atoms with E-state index in [1.165, 1.54) is 7.11 Å². The minimum atomic E-state index is -0.215. The molecule has 1 amide bonds. The van der Waals surface area contributed by atoms with Crippen LogP contribution < -0.4 is 5.32 Å². The quantitative estimate of drug-likeness (QED) is 0.788. The number of nitrogens with one attached hydrogen (secondary N) is 1. The molecule has 2 aromatic heterocycles. The third kappa shape index (κ3) is 2.26. The van der Waals surface area contributed by atoms with Crippen molar-refractivity contribution in [1.82, 2.24) is 19.9 Å². The number of ether oxygens (including phenoxy) is 1. The lowest BCUT2D eigenvalue weighted by atomic mass is 10.2. The zero-order chi connectivity index (χ0) is 12.3. The summed E-state index contributed by atoms with van der Waals surface area (Å²) in [5, 5.41) is 6.87. The van der Waals surface area contributed by atoms with Crippen LogP contribution >= 0.6 is 0 Å². The van der Waals surface area contributed by atoms with E-state index in [2.05, 4.69) is 15.4 Å². The Morgan fingerprint density at radius 1 is 1.59 bits per heavy atom. The average Bonchev–Trinajstić information content (AvgIpc) is 2.78. The van der Waals surface area contributed by atoms with Crippen molar-refractivity contribution in [2.75, 3.05) is 13.8 Å². The van der Waals surface area contributed by atoms with Gasteiger partial charge in [-0.25, -0.2) is 9.50 Å². The van der Waals surface area contributed by atoms with Gasteiger partial charge in [-0.1, -0.05) is 6.92 Å². The van der Waals surface area contributed by atoms with Crippen LogP contribution in [0.25, 0.3) is 5.65 Å². The van der Waals surface area contributed by atoms with Crippen LogP contribution in [0.5, 0.6) is 0 Å². The number of hydrogen-bond donors (Lipinski definition) is 1. The maximum absolute atomic E-state index is 11.8. The Morgan fingerprint density at radius 3 is 3.12 bits per heavy atom. The van der Waals surface area contributed by atoms with Gasteiger partial charge in [0, 0.05) is 19.7 Å². The molecule has 0 aliphatic heterocycles. The Kier molecular flexibility index (Phi) is 3.34. The monoisotopic (exact) mass is 234 g/mol. The molecular weight excluding hydrogens is 220 g/mol. The van der Waals surface area contributed by atoms with Crippen molar-refractivity contribution in [3.63, 3.8) is 0 Å². The van der Waals surface area contributed by atoms with Crippen molar-refractivity contribution in [1.29, 1.82) is 0 Å². The van der Waals surface area contributed by atoms with Crippen LogP contribution in [0.2, 0.25) is 0 Å². The topological polar surface area (TPSA) is 68.5 Å². The molecule has 0 fully saturated rings. The number of nitrogens with zero attached hydrogens (tertiary/aromatic N) is 3. The van der Waals surface area contributed by atoms with Gasteiger partial charge in [0.1, 0.15) is 6.73 Å². The van der Waals surface area contributed by atoms with Crippen molar-refractivity contribution in [3.05, 3.63) is 29.7 Å². The highest BCUT2D eigenvalue weighted by molar-refractivity contribution is 5.99. The average molecular weight is 234 g/mol. The summed E-state index contributed by atoms with van der Waals surface area (Å²) < 4.78 is 6.41. The Balaban J connectivity index is 2.39. The normalized spacial score (nSPS) is 10.7. The second-order valence-corrected chi connectivity index (χ2v) is 3.51. The van der Waals surface area contributed by atoms with Gasteiger partial charge in [-0.2, -0.15) is 5.10 Å². The number of carbonyl (C=O) groups is 1. The highest BCUT2D eigenvalue weighted by atomic mass is 16.5. The Hall–Kier alpha value is -1.95. The maximum atomic E-state index is 11.8. The highest BCUT2D eigenvalue weighted by Gasteiger charge is 2.12. The SMILES string of the molecule is CCc1nc2c(C(=O)NCOC)cccn2n1. The van der Waals surface area contributed by atoms with Gasteiger partial charge in [-0.3, -0.25) is 4.79 Å². The number of rotatable bonds is 4. The van der Waals surface area contributed by atoms with Gasteiger partial charge >= 0.3 is 0 Å². The van der Waals surface area contributed by atoms with Crippen molar-refractivity contribution in [2.45, 2.75) is 13.3 Å². The summed E-state index contributed by atoms with van der Waals surface area (Å²) in [4.78, 5) is 16.2. The highest BCUT2D eigenvalue weighted by Crippen LogP contribution is 2.09. The second-order valence-electron chi connectivity index (χ2n) is 3.51. The molecule has 0 spiro atoms. The van der Waals surface area contributed by atoms with E-state index in [4.69, 9.17) is 4.74 Å². The molecule has 2 heterocycles. The van der Waals surface area contributed by atoms with Crippen molar-refractivity contribution >= 4 is 11.6 Å². The summed E-state index contributed by atoms with van der Waals surface area (Å²) in [7, 11) is 1.52. The van der Waals surface area contributed by atoms with E-state index in [1.54, 1.807) is 22.8 Å². The van der Waals surface area contributed by atoms with Crippen LogP contribution in [0.4, 0.5) is 0 Å². The first-order valence-electron chi connectivity index (χ1n) is 5.37. The van der Waals surface area contributed by atoms with Crippen molar-refractivity contribution in [2.24, 2.45) is 0 Å². The van der Waals surface area contributed by atoms with Gasteiger partial charge < -0.3 is 10.1 Å². The second kappa shape index (κ2) is 4.92.